The predicted octanol–water partition coefficient (Wildman–Crippen LogP) is 4.23. The number of aryl methyl sites for hydroxylation is 1. The van der Waals surface area contributed by atoms with Crippen molar-refractivity contribution in [3.63, 3.8) is 0 Å². The molecule has 0 aliphatic rings. The number of ether oxygens (including phenoxy) is 2. The van der Waals surface area contributed by atoms with Crippen LogP contribution in [0.25, 0.3) is 0 Å². The zero-order valence-electron chi connectivity index (χ0n) is 14.1. The van der Waals surface area contributed by atoms with E-state index in [-0.39, 0.29) is 5.75 Å². The lowest BCUT2D eigenvalue weighted by Gasteiger charge is -2.11. The van der Waals surface area contributed by atoms with Crippen LogP contribution in [0.3, 0.4) is 0 Å². The molecule has 0 unspecified atom stereocenters. The second-order valence-electron chi connectivity index (χ2n) is 5.48. The fourth-order valence-electron chi connectivity index (χ4n) is 2.05. The summed E-state index contributed by atoms with van der Waals surface area (Å²) < 4.78 is 47.5. The van der Waals surface area contributed by atoms with Gasteiger partial charge in [0.2, 0.25) is 0 Å². The number of esters is 1. The van der Waals surface area contributed by atoms with Gasteiger partial charge in [0.05, 0.1) is 5.56 Å². The molecule has 0 saturated carbocycles. The van der Waals surface area contributed by atoms with Gasteiger partial charge in [0.15, 0.2) is 13.2 Å². The van der Waals surface area contributed by atoms with E-state index in [0.29, 0.717) is 10.7 Å². The number of hydrogen-bond acceptors (Lipinski definition) is 4. The van der Waals surface area contributed by atoms with Crippen LogP contribution >= 0.6 is 11.6 Å². The van der Waals surface area contributed by atoms with Crippen molar-refractivity contribution in [2.24, 2.45) is 0 Å². The zero-order valence-corrected chi connectivity index (χ0v) is 14.9. The Morgan fingerprint density at radius 2 is 1.85 bits per heavy atom. The van der Waals surface area contributed by atoms with E-state index in [1.54, 1.807) is 25.1 Å². The highest BCUT2D eigenvalue weighted by molar-refractivity contribution is 6.30. The molecular formula is C18H15ClF3NO4. The number of anilines is 1. The fourth-order valence-corrected chi connectivity index (χ4v) is 2.27. The van der Waals surface area contributed by atoms with Gasteiger partial charge in [-0.1, -0.05) is 17.7 Å². The monoisotopic (exact) mass is 401 g/mol. The van der Waals surface area contributed by atoms with Crippen molar-refractivity contribution in [1.29, 1.82) is 0 Å². The molecule has 0 radical (unpaired) electrons. The van der Waals surface area contributed by atoms with Crippen molar-refractivity contribution in [3.05, 3.63) is 58.6 Å². The Balaban J connectivity index is 1.80. The van der Waals surface area contributed by atoms with Gasteiger partial charge in [0, 0.05) is 10.7 Å². The molecule has 27 heavy (non-hydrogen) atoms. The number of carbonyl (C=O) groups excluding carboxylic acids is 2. The van der Waals surface area contributed by atoms with Crippen LogP contribution in [0, 0.1) is 6.92 Å². The summed E-state index contributed by atoms with van der Waals surface area (Å²) in [6, 6.07) is 8.95. The van der Waals surface area contributed by atoms with E-state index in [4.69, 9.17) is 21.1 Å². The van der Waals surface area contributed by atoms with Gasteiger partial charge < -0.3 is 14.8 Å². The Kier molecular flexibility index (Phi) is 6.68. The lowest BCUT2D eigenvalue weighted by Crippen LogP contribution is -2.24. The van der Waals surface area contributed by atoms with Crippen LogP contribution in [-0.2, 0) is 20.5 Å². The molecule has 0 atom stereocenters. The van der Waals surface area contributed by atoms with Gasteiger partial charge in [-0.3, -0.25) is 4.79 Å². The first-order valence-electron chi connectivity index (χ1n) is 7.67. The third-order valence-corrected chi connectivity index (χ3v) is 3.58. The summed E-state index contributed by atoms with van der Waals surface area (Å²) in [6.45, 7) is 0.553. The van der Waals surface area contributed by atoms with Crippen LogP contribution in [0.15, 0.2) is 42.5 Å². The summed E-state index contributed by atoms with van der Waals surface area (Å²) >= 11 is 5.82. The number of nitrogens with one attached hydrogen (secondary N) is 1. The first-order chi connectivity index (χ1) is 12.6. The molecule has 0 aliphatic carbocycles. The van der Waals surface area contributed by atoms with E-state index >= 15 is 0 Å². The maximum Gasteiger partial charge on any atom is 0.416 e. The van der Waals surface area contributed by atoms with E-state index in [1.807, 2.05) is 0 Å². The number of halogens is 4. The second kappa shape index (κ2) is 8.77. The molecule has 0 bridgehead atoms. The molecule has 5 nitrogen and oxygen atoms in total. The second-order valence-corrected chi connectivity index (χ2v) is 5.92. The van der Waals surface area contributed by atoms with Crippen LogP contribution in [0.1, 0.15) is 11.1 Å². The van der Waals surface area contributed by atoms with Crippen LogP contribution in [-0.4, -0.2) is 25.1 Å². The maximum atomic E-state index is 12.6. The van der Waals surface area contributed by atoms with Crippen LogP contribution in [0.5, 0.6) is 5.75 Å². The third-order valence-electron chi connectivity index (χ3n) is 3.34. The van der Waals surface area contributed by atoms with Crippen molar-refractivity contribution in [1.82, 2.24) is 0 Å². The van der Waals surface area contributed by atoms with Crippen molar-refractivity contribution >= 4 is 29.2 Å². The number of hydrogen-bond donors (Lipinski definition) is 1. The molecule has 144 valence electrons. The predicted molar refractivity (Wildman–Crippen MR) is 92.7 cm³/mol. The summed E-state index contributed by atoms with van der Waals surface area (Å²) in [7, 11) is 0. The molecule has 2 aromatic carbocycles. The minimum Gasteiger partial charge on any atom is -0.482 e. The van der Waals surface area contributed by atoms with E-state index in [2.05, 4.69) is 5.32 Å². The number of rotatable bonds is 6. The van der Waals surface area contributed by atoms with Gasteiger partial charge in [0.1, 0.15) is 5.75 Å². The quantitative estimate of drug-likeness (QED) is 0.736. The summed E-state index contributed by atoms with van der Waals surface area (Å²) in [4.78, 5) is 23.4. The molecule has 0 saturated heterocycles. The summed E-state index contributed by atoms with van der Waals surface area (Å²) in [6.07, 6.45) is -4.52. The van der Waals surface area contributed by atoms with Gasteiger partial charge in [-0.15, -0.1) is 0 Å². The Labute approximate surface area is 158 Å². The molecule has 0 heterocycles. The summed E-state index contributed by atoms with van der Waals surface area (Å²) in [5, 5.41) is 3.07. The normalized spacial score (nSPS) is 11.0. The Morgan fingerprint density at radius 1 is 1.11 bits per heavy atom. The average molecular weight is 402 g/mol. The minimum atomic E-state index is -4.52. The molecule has 0 aromatic heterocycles. The van der Waals surface area contributed by atoms with Gasteiger partial charge in [-0.25, -0.2) is 4.79 Å². The molecule has 0 fully saturated rings. The smallest absolute Gasteiger partial charge is 0.416 e. The van der Waals surface area contributed by atoms with E-state index in [0.717, 1.165) is 23.8 Å². The van der Waals surface area contributed by atoms with Crippen molar-refractivity contribution in [2.45, 2.75) is 13.1 Å². The molecule has 1 N–H and O–H groups in total. The standard InChI is InChI=1S/C18H15ClF3NO4/c1-11-7-13(19)5-6-15(11)23-16(24)9-27-17(25)10-26-14-4-2-3-12(8-14)18(20,21)22/h2-8H,9-10H2,1H3,(H,23,24). The number of alkyl halides is 3. The van der Waals surface area contributed by atoms with E-state index in [1.165, 1.54) is 6.07 Å². The zero-order chi connectivity index (χ0) is 20.0. The molecule has 2 rings (SSSR count). The van der Waals surface area contributed by atoms with Gasteiger partial charge >= 0.3 is 12.1 Å². The van der Waals surface area contributed by atoms with Gasteiger partial charge in [-0.05, 0) is 48.9 Å². The summed E-state index contributed by atoms with van der Waals surface area (Å²) in [5.41, 5.74) is 0.349. The first kappa shape index (κ1) is 20.6. The van der Waals surface area contributed by atoms with E-state index in [9.17, 15) is 22.8 Å². The van der Waals surface area contributed by atoms with Crippen molar-refractivity contribution in [2.75, 3.05) is 18.5 Å². The molecular weight excluding hydrogens is 387 g/mol. The molecule has 2 aromatic rings. The Bertz CT molecular complexity index is 840. The number of carbonyl (C=O) groups is 2. The van der Waals surface area contributed by atoms with Gasteiger partial charge in [-0.2, -0.15) is 13.2 Å². The highest BCUT2D eigenvalue weighted by Gasteiger charge is 2.30. The molecule has 0 aliphatic heterocycles. The highest BCUT2D eigenvalue weighted by Crippen LogP contribution is 2.31. The van der Waals surface area contributed by atoms with Gasteiger partial charge in [0.25, 0.3) is 5.91 Å². The van der Waals surface area contributed by atoms with Crippen molar-refractivity contribution < 1.29 is 32.2 Å². The van der Waals surface area contributed by atoms with Crippen LogP contribution in [0.2, 0.25) is 5.02 Å². The molecule has 0 spiro atoms. The highest BCUT2D eigenvalue weighted by atomic mass is 35.5. The van der Waals surface area contributed by atoms with Crippen LogP contribution < -0.4 is 10.1 Å². The minimum absolute atomic E-state index is 0.136. The van der Waals surface area contributed by atoms with Crippen LogP contribution in [0.4, 0.5) is 18.9 Å². The lowest BCUT2D eigenvalue weighted by molar-refractivity contribution is -0.149. The topological polar surface area (TPSA) is 64.6 Å². The Morgan fingerprint density at radius 3 is 2.52 bits per heavy atom. The SMILES string of the molecule is Cc1cc(Cl)ccc1NC(=O)COC(=O)COc1cccc(C(F)(F)F)c1. The van der Waals surface area contributed by atoms with Crippen molar-refractivity contribution in [3.8, 4) is 5.75 Å². The van der Waals surface area contributed by atoms with E-state index < -0.39 is 36.8 Å². The number of benzene rings is 2. The maximum absolute atomic E-state index is 12.6. The largest absolute Gasteiger partial charge is 0.482 e. The Hall–Kier alpha value is -2.74. The average Bonchev–Trinajstić information content (AvgIpc) is 2.60. The fraction of sp³-hybridized carbons (Fsp3) is 0.222. The summed E-state index contributed by atoms with van der Waals surface area (Å²) in [5.74, 6) is -1.61. The lowest BCUT2D eigenvalue weighted by atomic mass is 10.2. The first-order valence-corrected chi connectivity index (χ1v) is 8.04. The number of amides is 1. The molecule has 1 amide bonds. The molecule has 9 heteroatoms. The third kappa shape index (κ3) is 6.49.